The Kier molecular flexibility index (Phi) is 91.7. The predicted octanol–water partition coefficient (Wildman–Crippen LogP) is 45.7. The molecular weight excluding hydrogens is 1780 g/mol. The lowest BCUT2D eigenvalue weighted by atomic mass is 9.50. The lowest BCUT2D eigenvalue weighted by molar-refractivity contribution is -0.148. The van der Waals surface area contributed by atoms with Gasteiger partial charge in [0.1, 0.15) is 0 Å². The number of halogens is 1. The first-order valence-electron chi connectivity index (χ1n) is 65.2. The van der Waals surface area contributed by atoms with Crippen LogP contribution in [-0.4, -0.2) is 72.0 Å². The van der Waals surface area contributed by atoms with Gasteiger partial charge in [-0.25, -0.2) is 4.39 Å². The van der Waals surface area contributed by atoms with E-state index in [1.165, 1.54) is 283 Å². The van der Waals surface area contributed by atoms with E-state index >= 15 is 0 Å². The molecule has 0 radical (unpaired) electrons. The molecule has 876 valence electrons. The maximum absolute atomic E-state index is 12.0. The number of unbranched alkanes of at least 4 members (excludes halogenated alkanes) is 2. The van der Waals surface area contributed by atoms with Crippen molar-refractivity contribution in [2.45, 2.75) is 678 Å². The maximum Gasteiger partial charge on any atom is 0.165 e. The van der Waals surface area contributed by atoms with E-state index in [-0.39, 0.29) is 11.4 Å². The van der Waals surface area contributed by atoms with E-state index in [1.807, 2.05) is 34.6 Å². The minimum atomic E-state index is -0.625. The van der Waals surface area contributed by atoms with Gasteiger partial charge in [-0.2, -0.15) is 0 Å². The number of rotatable bonds is 43. The first-order chi connectivity index (χ1) is 68.5. The Morgan fingerprint density at radius 3 is 1.10 bits per heavy atom. The summed E-state index contributed by atoms with van der Waals surface area (Å²) >= 11 is 0. The lowest BCUT2D eigenvalue weighted by Crippen LogP contribution is -2.46. The number of hydrogen-bond acceptors (Lipinski definition) is 6. The van der Waals surface area contributed by atoms with E-state index in [4.69, 9.17) is 18.9 Å². The first kappa shape index (κ1) is 149. The SMILES string of the molecule is CC(C)C1C2CC3CC(C2)CC1C3.CC(C)CC(C)(C)C1CCCC1.CC(C)CC(C)(O)C1CCCC1.CC(C)CC(C)F.CC(C)CC(c1ccccc1)C1CCCC1.CC(C)CCC1(C)OCCO1.CC(C)CCC1(O)CCCC1.CC(C)CCC1CC1.CC(C)CCC1CCCC1.CC(C)CCOC1CCCC1.CCCC(C)C.CCCC(C)C.CCCCC(C)C.CCCCC(C)C.CCOC(C)CC(C)C. The molecule has 12 fully saturated rings. The summed E-state index contributed by atoms with van der Waals surface area (Å²) in [4.78, 5) is 0. The summed E-state index contributed by atoms with van der Waals surface area (Å²) < 4.78 is 34.0. The smallest absolute Gasteiger partial charge is 0.165 e. The summed E-state index contributed by atoms with van der Waals surface area (Å²) in [6.07, 6.45) is 75.0. The molecule has 1 aliphatic heterocycles. The highest BCUT2D eigenvalue weighted by atomic mass is 19.1. The third-order valence-corrected chi connectivity index (χ3v) is 33.1. The molecule has 6 nitrogen and oxygen atoms in total. The van der Waals surface area contributed by atoms with Crippen molar-refractivity contribution in [3.05, 3.63) is 35.9 Å². The molecule has 0 aromatic heterocycles. The first-order valence-corrected chi connectivity index (χ1v) is 65.2. The van der Waals surface area contributed by atoms with Crippen LogP contribution in [0.5, 0.6) is 0 Å². The molecule has 7 heteroatoms. The second-order valence-electron chi connectivity index (χ2n) is 56.8. The highest BCUT2D eigenvalue weighted by Gasteiger charge is 2.49. The molecule has 4 bridgehead atoms. The molecule has 0 amide bonds. The van der Waals surface area contributed by atoms with E-state index in [2.05, 4.69) is 273 Å². The van der Waals surface area contributed by atoms with Crippen LogP contribution < -0.4 is 0 Å². The zero-order valence-corrected chi connectivity index (χ0v) is 108. The van der Waals surface area contributed by atoms with Crippen LogP contribution in [-0.2, 0) is 18.9 Å². The summed E-state index contributed by atoms with van der Waals surface area (Å²) in [6, 6.07) is 11.2. The van der Waals surface area contributed by atoms with Crippen LogP contribution in [0.25, 0.3) is 0 Å². The van der Waals surface area contributed by atoms with Crippen LogP contribution in [0.3, 0.4) is 0 Å². The van der Waals surface area contributed by atoms with Gasteiger partial charge >= 0.3 is 0 Å². The summed E-state index contributed by atoms with van der Waals surface area (Å²) in [7, 11) is 0. The van der Waals surface area contributed by atoms with Gasteiger partial charge in [-0.1, -0.05) is 472 Å². The summed E-state index contributed by atoms with van der Waals surface area (Å²) in [5.74, 6) is 23.2. The fraction of sp³-hybridized carbons (Fsp3) is 0.957. The Bertz CT molecular complexity index is 2730. The fourth-order valence-corrected chi connectivity index (χ4v) is 25.2. The summed E-state index contributed by atoms with van der Waals surface area (Å²) in [6.45, 7) is 94.9. The van der Waals surface area contributed by atoms with E-state index in [0.29, 0.717) is 41.8 Å². The van der Waals surface area contributed by atoms with Crippen molar-refractivity contribution in [3.63, 3.8) is 0 Å². The summed E-state index contributed by atoms with van der Waals surface area (Å²) in [5, 5.41) is 20.1. The van der Waals surface area contributed by atoms with Crippen molar-refractivity contribution < 1.29 is 33.6 Å². The third-order valence-electron chi connectivity index (χ3n) is 33.1. The normalized spacial score (nSPS) is 21.5. The molecule has 11 saturated carbocycles. The molecule has 12 aliphatic rings. The molecule has 1 aromatic rings. The zero-order chi connectivity index (χ0) is 111. The van der Waals surface area contributed by atoms with Gasteiger partial charge in [-0.15, -0.1) is 0 Å². The van der Waals surface area contributed by atoms with Crippen LogP contribution in [0.2, 0.25) is 0 Å². The van der Waals surface area contributed by atoms with Crippen LogP contribution >= 0.6 is 0 Å². The van der Waals surface area contributed by atoms with Crippen LogP contribution in [0.4, 0.5) is 4.39 Å². The number of benzene rings is 1. The van der Waals surface area contributed by atoms with Gasteiger partial charge in [-0.05, 0) is 354 Å². The van der Waals surface area contributed by atoms with Gasteiger partial charge in [0.05, 0.1) is 42.8 Å². The monoisotopic (exact) mass is 2060 g/mol. The third kappa shape index (κ3) is 87.0. The van der Waals surface area contributed by atoms with E-state index < -0.39 is 11.8 Å². The Hall–Kier alpha value is -1.09. The topological polar surface area (TPSA) is 77.4 Å². The Balaban J connectivity index is -0.00000151. The van der Waals surface area contributed by atoms with Crippen molar-refractivity contribution in [1.29, 1.82) is 0 Å². The molecule has 1 saturated heterocycles. The quantitative estimate of drug-likeness (QED) is 0.0679. The molecule has 4 atom stereocenters. The van der Waals surface area contributed by atoms with Gasteiger partial charge in [0.15, 0.2) is 5.79 Å². The minimum absolute atomic E-state index is 0.274. The molecule has 2 N–H and O–H groups in total. The maximum atomic E-state index is 12.0. The minimum Gasteiger partial charge on any atom is -0.390 e. The van der Waals surface area contributed by atoms with E-state index in [1.54, 1.807) is 44.6 Å². The Labute approximate surface area is 921 Å². The number of alkyl halides is 1. The average Bonchev–Trinajstić information content (AvgIpc) is 1.15. The second kappa shape index (κ2) is 89.8. The molecule has 13 rings (SSSR count). The van der Waals surface area contributed by atoms with Gasteiger partial charge in [0.25, 0.3) is 0 Å². The second-order valence-corrected chi connectivity index (χ2v) is 56.8. The average molecular weight is 2060 g/mol. The molecule has 4 unspecified atom stereocenters. The van der Waals surface area contributed by atoms with Gasteiger partial charge in [0, 0.05) is 19.6 Å². The van der Waals surface area contributed by atoms with Crippen molar-refractivity contribution in [1.82, 2.24) is 0 Å². The van der Waals surface area contributed by atoms with Gasteiger partial charge < -0.3 is 29.2 Å². The lowest BCUT2D eigenvalue weighted by Gasteiger charge is -2.55. The Morgan fingerprint density at radius 2 is 0.760 bits per heavy atom. The van der Waals surface area contributed by atoms with Crippen molar-refractivity contribution >= 4 is 0 Å². The standard InChI is InChI=1S/C16H24.C13H22.C12H24.C11H22O.2C10H20O.C10H20.C9H18O2.C8H18O.C8H16.2C7H16.C6H13F.2C6H14/c1-13(2)12-16(15-10-6-7-11-15)14-8-4-3-5-9-14;1-8(2)13-11-4-9-3-10(6-11)7-12(13)5-9;1-10(2)9-12(3,4)11-7-5-6-8-11;1-9(2)8-11(3,12)10-6-4-5-7-10;1-9(2)5-8-10(11)6-3-4-7-10;1-9(2)7-8-11-10-5-3-4-6-10;1-9(2)7-8-10-5-3-4-6-10;1-8(2)4-5-9(3)10-6-7-11-9;1-5-9-8(4)6-7(2)3;1-7(2)3-4-8-5-6-8;2*1-4-5-6-7(2)3;1-5(2)4-6(3)7;2*1-4-5-6(2)3/h3-5,8-9,13,15-16H,6-7,10-12H2,1-2H3;8-13H,3-7H2,1-2H3;10-11H,5-9H2,1-4H3;9-10,12H,4-8H2,1-3H3;9,11H,3-8H2,1-2H3;9-10H,3-8H2,1-2H3;9-10H,3-8H2,1-2H3;8H,4-7H2,1-3H3;7-8H,5-6H2,1-4H3;7-8H,3-6H2,1-2H3;2*7H,4-6H2,1-3H3;5-6H,4H2,1-3H3;2*6H,4-5H2,1-3H3. The molecule has 0 spiro atoms. The van der Waals surface area contributed by atoms with E-state index in [0.717, 1.165) is 195 Å². The largest absolute Gasteiger partial charge is 0.390 e. The summed E-state index contributed by atoms with van der Waals surface area (Å²) in [5.41, 5.74) is 1.50. The van der Waals surface area contributed by atoms with Crippen LogP contribution in [0.1, 0.15) is 648 Å². The number of ether oxygens (including phenoxy) is 4. The van der Waals surface area contributed by atoms with Gasteiger partial charge in [-0.3, -0.25) is 0 Å². The highest BCUT2D eigenvalue weighted by molar-refractivity contribution is 5.21. The molecule has 1 heterocycles. The Morgan fingerprint density at radius 1 is 0.384 bits per heavy atom. The molecular formula is C139H277FO6. The zero-order valence-electron chi connectivity index (χ0n) is 108. The van der Waals surface area contributed by atoms with Crippen molar-refractivity contribution in [3.8, 4) is 0 Å². The number of aliphatic hydroxyl groups is 2. The van der Waals surface area contributed by atoms with E-state index in [9.17, 15) is 14.6 Å². The van der Waals surface area contributed by atoms with Crippen molar-refractivity contribution in [2.75, 3.05) is 26.4 Å². The number of hydrogen-bond donors (Lipinski definition) is 2. The predicted molar refractivity (Wildman–Crippen MR) is 654 cm³/mol. The van der Waals surface area contributed by atoms with Crippen LogP contribution in [0, 0.1) is 153 Å². The van der Waals surface area contributed by atoms with Crippen LogP contribution in [0.15, 0.2) is 30.3 Å². The molecule has 11 aliphatic carbocycles. The fourth-order valence-electron chi connectivity index (χ4n) is 25.2. The van der Waals surface area contributed by atoms with Crippen molar-refractivity contribution in [2.24, 2.45) is 153 Å². The molecule has 146 heavy (non-hydrogen) atoms. The highest BCUT2D eigenvalue weighted by Crippen LogP contribution is 2.58. The molecule has 1 aromatic carbocycles. The van der Waals surface area contributed by atoms with Gasteiger partial charge in [0.2, 0.25) is 0 Å².